The average Bonchev–Trinajstić information content (AvgIpc) is 2.89. The molecule has 6 heteroatoms. The Hall–Kier alpha value is -1.07. The third-order valence-corrected chi connectivity index (χ3v) is 3.43. The Bertz CT molecular complexity index is 546. The minimum atomic E-state index is 0.406. The van der Waals surface area contributed by atoms with E-state index in [1.165, 1.54) is 0 Å². The number of hydrogen-bond donors (Lipinski definition) is 0. The Morgan fingerprint density at radius 2 is 2.11 bits per heavy atom. The molecule has 0 spiro atoms. The van der Waals surface area contributed by atoms with Gasteiger partial charge in [0.1, 0.15) is 11.3 Å². The number of fused-ring (bicyclic) bond motifs is 1. The van der Waals surface area contributed by atoms with Crippen LogP contribution in [-0.4, -0.2) is 32.5 Å². The SMILES string of the molecule is CCCCOCCn1c(CCl)nc2c(C)nn(C)c21. The molecule has 0 aromatic carbocycles. The van der Waals surface area contributed by atoms with Crippen LogP contribution >= 0.6 is 11.6 Å². The molecule has 0 saturated heterocycles. The molecule has 0 amide bonds. The zero-order chi connectivity index (χ0) is 13.8. The molecule has 2 heterocycles. The molecule has 0 atom stereocenters. The van der Waals surface area contributed by atoms with Crippen molar-refractivity contribution >= 4 is 22.8 Å². The molecular formula is C13H21ClN4O. The molecule has 0 bridgehead atoms. The van der Waals surface area contributed by atoms with E-state index in [0.29, 0.717) is 12.5 Å². The maximum absolute atomic E-state index is 5.97. The van der Waals surface area contributed by atoms with E-state index >= 15 is 0 Å². The molecule has 2 aromatic heterocycles. The monoisotopic (exact) mass is 284 g/mol. The zero-order valence-electron chi connectivity index (χ0n) is 11.8. The normalized spacial score (nSPS) is 11.6. The van der Waals surface area contributed by atoms with Crippen LogP contribution in [0.2, 0.25) is 0 Å². The van der Waals surface area contributed by atoms with Gasteiger partial charge in [0.25, 0.3) is 0 Å². The van der Waals surface area contributed by atoms with Gasteiger partial charge in [0.2, 0.25) is 0 Å². The molecule has 0 radical (unpaired) electrons. The molecule has 0 saturated carbocycles. The van der Waals surface area contributed by atoms with Crippen molar-refractivity contribution in [2.45, 2.75) is 39.1 Å². The lowest BCUT2D eigenvalue weighted by Crippen LogP contribution is -2.11. The number of aryl methyl sites for hydroxylation is 2. The predicted octanol–water partition coefficient (Wildman–Crippen LogP) is 2.63. The van der Waals surface area contributed by atoms with Gasteiger partial charge in [0, 0.05) is 20.2 Å². The number of halogens is 1. The standard InChI is InChI=1S/C13H21ClN4O/c1-4-5-7-19-8-6-18-11(9-14)15-12-10(2)16-17(3)13(12)18/h4-9H2,1-3H3. The maximum Gasteiger partial charge on any atom is 0.158 e. The summed E-state index contributed by atoms with van der Waals surface area (Å²) in [4.78, 5) is 4.56. The highest BCUT2D eigenvalue weighted by atomic mass is 35.5. The van der Waals surface area contributed by atoms with Crippen molar-refractivity contribution in [3.8, 4) is 0 Å². The lowest BCUT2D eigenvalue weighted by Gasteiger charge is -2.08. The summed E-state index contributed by atoms with van der Waals surface area (Å²) in [5, 5.41) is 4.39. The number of imidazole rings is 1. The van der Waals surface area contributed by atoms with E-state index in [1.54, 1.807) is 0 Å². The van der Waals surface area contributed by atoms with E-state index < -0.39 is 0 Å². The summed E-state index contributed by atoms with van der Waals surface area (Å²) in [5.74, 6) is 1.29. The van der Waals surface area contributed by atoms with Crippen molar-refractivity contribution in [1.29, 1.82) is 0 Å². The van der Waals surface area contributed by atoms with Gasteiger partial charge in [0.05, 0.1) is 18.2 Å². The van der Waals surface area contributed by atoms with Crippen molar-refractivity contribution in [3.05, 3.63) is 11.5 Å². The molecule has 0 aliphatic carbocycles. The van der Waals surface area contributed by atoms with E-state index in [9.17, 15) is 0 Å². The van der Waals surface area contributed by atoms with Crippen LogP contribution in [0.5, 0.6) is 0 Å². The maximum atomic E-state index is 5.97. The predicted molar refractivity (Wildman–Crippen MR) is 76.5 cm³/mol. The first-order valence-corrected chi connectivity index (χ1v) is 7.24. The van der Waals surface area contributed by atoms with Gasteiger partial charge < -0.3 is 9.30 Å². The van der Waals surface area contributed by atoms with Gasteiger partial charge in [-0.3, -0.25) is 4.68 Å². The molecule has 106 valence electrons. The molecule has 0 N–H and O–H groups in total. The van der Waals surface area contributed by atoms with Gasteiger partial charge in [-0.25, -0.2) is 4.98 Å². The van der Waals surface area contributed by atoms with Crippen LogP contribution in [0.15, 0.2) is 0 Å². The molecule has 0 fully saturated rings. The number of ether oxygens (including phenoxy) is 1. The first kappa shape index (κ1) is 14.3. The first-order valence-electron chi connectivity index (χ1n) is 6.71. The Kier molecular flexibility index (Phi) is 4.82. The van der Waals surface area contributed by atoms with Gasteiger partial charge >= 0.3 is 0 Å². The Labute approximate surface area is 118 Å². The van der Waals surface area contributed by atoms with Gasteiger partial charge in [-0.15, -0.1) is 11.6 Å². The topological polar surface area (TPSA) is 44.9 Å². The minimum Gasteiger partial charge on any atom is -0.380 e. The summed E-state index contributed by atoms with van der Waals surface area (Å²) in [5.41, 5.74) is 2.90. The Morgan fingerprint density at radius 1 is 1.32 bits per heavy atom. The number of aromatic nitrogens is 4. The van der Waals surface area contributed by atoms with Crippen molar-refractivity contribution in [1.82, 2.24) is 19.3 Å². The summed E-state index contributed by atoms with van der Waals surface area (Å²) >= 11 is 5.97. The summed E-state index contributed by atoms with van der Waals surface area (Å²) in [6.07, 6.45) is 2.26. The number of unbranched alkanes of at least 4 members (excludes halogenated alkanes) is 1. The molecule has 0 aliphatic heterocycles. The van der Waals surface area contributed by atoms with Crippen molar-refractivity contribution in [3.63, 3.8) is 0 Å². The lowest BCUT2D eigenvalue weighted by atomic mass is 10.4. The van der Waals surface area contributed by atoms with Crippen LogP contribution in [0.3, 0.4) is 0 Å². The van der Waals surface area contributed by atoms with Gasteiger partial charge in [-0.05, 0) is 13.3 Å². The van der Waals surface area contributed by atoms with E-state index in [-0.39, 0.29) is 0 Å². The quantitative estimate of drug-likeness (QED) is 0.580. The fourth-order valence-corrected chi connectivity index (χ4v) is 2.43. The second-order valence-corrected chi connectivity index (χ2v) is 4.93. The minimum absolute atomic E-state index is 0.406. The van der Waals surface area contributed by atoms with Crippen LogP contribution in [0, 0.1) is 6.92 Å². The van der Waals surface area contributed by atoms with Crippen LogP contribution < -0.4 is 0 Å². The van der Waals surface area contributed by atoms with Gasteiger partial charge in [-0.1, -0.05) is 13.3 Å². The Morgan fingerprint density at radius 3 is 2.79 bits per heavy atom. The van der Waals surface area contributed by atoms with Crippen molar-refractivity contribution < 1.29 is 4.74 Å². The van der Waals surface area contributed by atoms with Crippen LogP contribution in [-0.2, 0) is 24.2 Å². The molecule has 5 nitrogen and oxygen atoms in total. The summed E-state index contributed by atoms with van der Waals surface area (Å²) < 4.78 is 9.59. The summed E-state index contributed by atoms with van der Waals surface area (Å²) in [6.45, 7) is 6.39. The van der Waals surface area contributed by atoms with Crippen LogP contribution in [0.1, 0.15) is 31.3 Å². The number of rotatable bonds is 7. The third-order valence-electron chi connectivity index (χ3n) is 3.19. The van der Waals surface area contributed by atoms with Gasteiger partial charge in [-0.2, -0.15) is 5.10 Å². The van der Waals surface area contributed by atoms with Crippen molar-refractivity contribution in [2.75, 3.05) is 13.2 Å². The van der Waals surface area contributed by atoms with E-state index in [2.05, 4.69) is 21.6 Å². The lowest BCUT2D eigenvalue weighted by molar-refractivity contribution is 0.123. The first-order chi connectivity index (χ1) is 9.19. The zero-order valence-corrected chi connectivity index (χ0v) is 12.6. The highest BCUT2D eigenvalue weighted by Crippen LogP contribution is 2.19. The highest BCUT2D eigenvalue weighted by molar-refractivity contribution is 6.16. The molecule has 2 rings (SSSR count). The number of hydrogen-bond acceptors (Lipinski definition) is 3. The fraction of sp³-hybridized carbons (Fsp3) is 0.692. The van der Waals surface area contributed by atoms with Crippen molar-refractivity contribution in [2.24, 2.45) is 7.05 Å². The highest BCUT2D eigenvalue weighted by Gasteiger charge is 2.16. The molecule has 2 aromatic rings. The summed E-state index contributed by atoms with van der Waals surface area (Å²) in [6, 6.07) is 0. The van der Waals surface area contributed by atoms with E-state index in [4.69, 9.17) is 16.3 Å². The second-order valence-electron chi connectivity index (χ2n) is 4.66. The molecule has 0 aliphatic rings. The smallest absolute Gasteiger partial charge is 0.158 e. The summed E-state index contributed by atoms with van der Waals surface area (Å²) in [7, 11) is 1.93. The third kappa shape index (κ3) is 2.92. The second kappa shape index (κ2) is 6.39. The molecular weight excluding hydrogens is 264 g/mol. The van der Waals surface area contributed by atoms with E-state index in [1.807, 2.05) is 18.7 Å². The van der Waals surface area contributed by atoms with Crippen LogP contribution in [0.4, 0.5) is 0 Å². The average molecular weight is 285 g/mol. The number of nitrogens with zero attached hydrogens (tertiary/aromatic N) is 4. The molecule has 0 unspecified atom stereocenters. The Balaban J connectivity index is 2.15. The number of alkyl halides is 1. The van der Waals surface area contributed by atoms with Gasteiger partial charge in [0.15, 0.2) is 5.65 Å². The van der Waals surface area contributed by atoms with Crippen LogP contribution in [0.25, 0.3) is 11.2 Å². The fourth-order valence-electron chi connectivity index (χ4n) is 2.22. The molecule has 19 heavy (non-hydrogen) atoms. The largest absolute Gasteiger partial charge is 0.380 e. The van der Waals surface area contributed by atoms with E-state index in [0.717, 1.165) is 48.7 Å².